The van der Waals surface area contributed by atoms with Crippen LogP contribution in [0.25, 0.3) is 0 Å². The average Bonchev–Trinajstić information content (AvgIpc) is 3.37. The van der Waals surface area contributed by atoms with Crippen molar-refractivity contribution in [1.29, 1.82) is 0 Å². The summed E-state index contributed by atoms with van der Waals surface area (Å²) < 4.78 is 16.4. The van der Waals surface area contributed by atoms with Crippen LogP contribution in [0.4, 0.5) is 0 Å². The summed E-state index contributed by atoms with van der Waals surface area (Å²) in [6, 6.07) is 12.9. The van der Waals surface area contributed by atoms with Gasteiger partial charge in [0.25, 0.3) is 5.91 Å². The summed E-state index contributed by atoms with van der Waals surface area (Å²) in [6.45, 7) is 7.31. The van der Waals surface area contributed by atoms with Crippen molar-refractivity contribution in [3.05, 3.63) is 59.2 Å². The average molecular weight is 480 g/mol. The van der Waals surface area contributed by atoms with Crippen LogP contribution in [0.3, 0.4) is 0 Å². The van der Waals surface area contributed by atoms with Crippen molar-refractivity contribution >= 4 is 11.8 Å². The van der Waals surface area contributed by atoms with Crippen LogP contribution in [0.1, 0.15) is 46.8 Å². The molecule has 186 valence electrons. The molecule has 0 aliphatic carbocycles. The molecular formula is C27H33N3O5. The molecule has 2 aromatic carbocycles. The maximum Gasteiger partial charge on any atom is 0.254 e. The Bertz CT molecular complexity index is 1080. The Morgan fingerprint density at radius 1 is 1.03 bits per heavy atom. The van der Waals surface area contributed by atoms with Crippen LogP contribution in [-0.2, 0) is 9.53 Å². The minimum Gasteiger partial charge on any atom is -0.454 e. The van der Waals surface area contributed by atoms with Crippen molar-refractivity contribution in [3.8, 4) is 11.5 Å². The Hall–Kier alpha value is -3.10. The molecule has 0 bridgehead atoms. The Labute approximate surface area is 206 Å². The summed E-state index contributed by atoms with van der Waals surface area (Å²) in [4.78, 5) is 34.0. The Kier molecular flexibility index (Phi) is 6.92. The van der Waals surface area contributed by atoms with Gasteiger partial charge in [0.05, 0.1) is 18.6 Å². The Balaban J connectivity index is 1.52. The molecule has 8 heteroatoms. The maximum atomic E-state index is 14.2. The normalized spacial score (nSPS) is 21.8. The number of carbonyl (C=O) groups excluding carboxylic acids is 2. The van der Waals surface area contributed by atoms with E-state index in [4.69, 9.17) is 14.2 Å². The third-order valence-electron chi connectivity index (χ3n) is 7.20. The van der Waals surface area contributed by atoms with Crippen LogP contribution in [0.15, 0.2) is 42.5 Å². The lowest BCUT2D eigenvalue weighted by atomic mass is 9.78. The van der Waals surface area contributed by atoms with Crippen molar-refractivity contribution < 1.29 is 23.8 Å². The number of rotatable bonds is 7. The number of carbonyl (C=O) groups is 2. The fourth-order valence-electron chi connectivity index (χ4n) is 5.42. The van der Waals surface area contributed by atoms with Gasteiger partial charge in [0, 0.05) is 51.9 Å². The van der Waals surface area contributed by atoms with E-state index >= 15 is 0 Å². The zero-order chi connectivity index (χ0) is 24.4. The van der Waals surface area contributed by atoms with Gasteiger partial charge in [-0.1, -0.05) is 31.2 Å². The van der Waals surface area contributed by atoms with Gasteiger partial charge in [0.15, 0.2) is 11.5 Å². The zero-order valence-corrected chi connectivity index (χ0v) is 20.4. The summed E-state index contributed by atoms with van der Waals surface area (Å²) in [7, 11) is 1.71. The quantitative estimate of drug-likeness (QED) is 0.608. The molecule has 0 aromatic heterocycles. The van der Waals surface area contributed by atoms with Gasteiger partial charge in [-0.2, -0.15) is 0 Å². The number of hydrogen-bond acceptors (Lipinski definition) is 6. The molecular weight excluding hydrogens is 446 g/mol. The molecule has 0 spiro atoms. The first-order valence-corrected chi connectivity index (χ1v) is 12.4. The summed E-state index contributed by atoms with van der Waals surface area (Å²) in [6.07, 6.45) is 0.800. The minimum atomic E-state index is -0.485. The number of piperazine rings is 1. The molecule has 2 atom stereocenters. The monoisotopic (exact) mass is 479 g/mol. The number of fused-ring (bicyclic) bond motifs is 2. The van der Waals surface area contributed by atoms with Crippen molar-refractivity contribution in [2.45, 2.75) is 25.3 Å². The topological polar surface area (TPSA) is 71.6 Å². The second-order valence-electron chi connectivity index (χ2n) is 9.28. The Morgan fingerprint density at radius 2 is 1.80 bits per heavy atom. The first-order valence-electron chi connectivity index (χ1n) is 12.4. The highest BCUT2D eigenvalue weighted by molar-refractivity contribution is 6.01. The van der Waals surface area contributed by atoms with Gasteiger partial charge in [0.1, 0.15) is 0 Å². The maximum absolute atomic E-state index is 14.2. The first-order chi connectivity index (χ1) is 17.1. The van der Waals surface area contributed by atoms with E-state index in [1.54, 1.807) is 7.11 Å². The van der Waals surface area contributed by atoms with Crippen LogP contribution in [0.5, 0.6) is 11.5 Å². The molecule has 0 radical (unpaired) electrons. The molecule has 5 rings (SSSR count). The third-order valence-corrected chi connectivity index (χ3v) is 7.20. The second-order valence-corrected chi connectivity index (χ2v) is 9.28. The fourth-order valence-corrected chi connectivity index (χ4v) is 5.42. The number of ether oxygens (including phenoxy) is 3. The van der Waals surface area contributed by atoms with Crippen LogP contribution in [-0.4, -0.2) is 86.3 Å². The fraction of sp³-hybridized carbons (Fsp3) is 0.481. The van der Waals surface area contributed by atoms with Gasteiger partial charge in [0.2, 0.25) is 12.7 Å². The second kappa shape index (κ2) is 10.3. The van der Waals surface area contributed by atoms with Gasteiger partial charge in [-0.15, -0.1) is 0 Å². The predicted octanol–water partition coefficient (Wildman–Crippen LogP) is 2.90. The van der Waals surface area contributed by atoms with Gasteiger partial charge >= 0.3 is 0 Å². The van der Waals surface area contributed by atoms with Gasteiger partial charge in [-0.05, 0) is 35.7 Å². The molecule has 0 N–H and O–H groups in total. The van der Waals surface area contributed by atoms with Crippen LogP contribution < -0.4 is 9.47 Å². The van der Waals surface area contributed by atoms with E-state index in [1.165, 1.54) is 0 Å². The van der Waals surface area contributed by atoms with E-state index in [0.717, 1.165) is 37.2 Å². The van der Waals surface area contributed by atoms with Gasteiger partial charge in [-0.3, -0.25) is 14.5 Å². The van der Waals surface area contributed by atoms with Crippen LogP contribution in [0.2, 0.25) is 0 Å². The number of nitrogens with zero attached hydrogens (tertiary/aromatic N) is 3. The van der Waals surface area contributed by atoms with Crippen molar-refractivity contribution in [3.63, 3.8) is 0 Å². The molecule has 3 aliphatic heterocycles. The number of hydrogen-bond donors (Lipinski definition) is 0. The summed E-state index contributed by atoms with van der Waals surface area (Å²) in [5, 5.41) is 0. The molecule has 8 nitrogen and oxygen atoms in total. The predicted molar refractivity (Wildman–Crippen MR) is 131 cm³/mol. The lowest BCUT2D eigenvalue weighted by molar-refractivity contribution is -0.136. The highest BCUT2D eigenvalue weighted by Gasteiger charge is 2.45. The van der Waals surface area contributed by atoms with Gasteiger partial charge in [-0.25, -0.2) is 0 Å². The molecule has 2 aromatic rings. The lowest BCUT2D eigenvalue weighted by Crippen LogP contribution is -2.53. The van der Waals surface area contributed by atoms with Gasteiger partial charge < -0.3 is 24.0 Å². The molecule has 0 unspecified atom stereocenters. The van der Waals surface area contributed by atoms with Crippen LogP contribution in [0, 0.1) is 0 Å². The summed E-state index contributed by atoms with van der Waals surface area (Å²) in [5.41, 5.74) is 2.32. The highest BCUT2D eigenvalue weighted by Crippen LogP contribution is 2.46. The number of benzene rings is 2. The molecule has 1 saturated heterocycles. The summed E-state index contributed by atoms with van der Waals surface area (Å²) in [5.74, 6) is 0.900. The smallest absolute Gasteiger partial charge is 0.254 e. The van der Waals surface area contributed by atoms with Crippen molar-refractivity contribution in [2.24, 2.45) is 0 Å². The minimum absolute atomic E-state index is 0.0291. The molecule has 3 aliphatic rings. The number of methoxy groups -OCH3 is 1. The van der Waals surface area contributed by atoms with E-state index in [2.05, 4.69) is 11.8 Å². The zero-order valence-electron chi connectivity index (χ0n) is 20.4. The van der Waals surface area contributed by atoms with E-state index < -0.39 is 12.0 Å². The molecule has 35 heavy (non-hydrogen) atoms. The molecule has 3 heterocycles. The van der Waals surface area contributed by atoms with E-state index in [-0.39, 0.29) is 18.6 Å². The molecule has 2 amide bonds. The van der Waals surface area contributed by atoms with E-state index in [0.29, 0.717) is 43.3 Å². The third kappa shape index (κ3) is 4.48. The van der Waals surface area contributed by atoms with E-state index in [1.807, 2.05) is 52.3 Å². The first kappa shape index (κ1) is 23.6. The van der Waals surface area contributed by atoms with Crippen molar-refractivity contribution in [2.75, 3.05) is 59.8 Å². The highest BCUT2D eigenvalue weighted by atomic mass is 16.7. The molecule has 0 saturated carbocycles. The Morgan fingerprint density at radius 3 is 2.57 bits per heavy atom. The van der Waals surface area contributed by atoms with Crippen molar-refractivity contribution in [1.82, 2.24) is 14.7 Å². The number of amides is 2. The lowest BCUT2D eigenvalue weighted by Gasteiger charge is -2.44. The largest absolute Gasteiger partial charge is 0.454 e. The molecule has 1 fully saturated rings. The summed E-state index contributed by atoms with van der Waals surface area (Å²) >= 11 is 0. The van der Waals surface area contributed by atoms with E-state index in [9.17, 15) is 9.59 Å². The SMILES string of the molecule is CCCN1C(=O)c2ccccc2[C@H](C(=O)N2CCN(CCOC)CC2)[C@@H]1c1ccc2c(c1)OCO2. The standard InChI is InChI=1S/C27H33N3O5/c1-3-10-30-25(19-8-9-22-23(17-19)35-18-34-22)24(20-6-4-5-7-21(20)26(30)31)27(32)29-13-11-28(12-14-29)15-16-33-2/h4-9,17,24-25H,3,10-16,18H2,1-2H3/t24-,25-/m0/s1. The van der Waals surface area contributed by atoms with Crippen LogP contribution >= 0.6 is 0 Å².